The van der Waals surface area contributed by atoms with E-state index in [-0.39, 0.29) is 5.91 Å². The Morgan fingerprint density at radius 1 is 1.17 bits per heavy atom. The van der Waals surface area contributed by atoms with Gasteiger partial charge in [0.15, 0.2) is 0 Å². The maximum absolute atomic E-state index is 12.5. The highest BCUT2D eigenvalue weighted by atomic mass is 32.2. The maximum Gasteiger partial charge on any atom is 0.255 e. The van der Waals surface area contributed by atoms with Crippen LogP contribution in [0.25, 0.3) is 11.0 Å². The van der Waals surface area contributed by atoms with E-state index >= 15 is 0 Å². The highest BCUT2D eigenvalue weighted by Gasteiger charge is 2.11. The van der Waals surface area contributed by atoms with Crippen LogP contribution < -0.4 is 5.32 Å². The lowest BCUT2D eigenvalue weighted by Gasteiger charge is -2.07. The monoisotopic (exact) mass is 341 g/mol. The van der Waals surface area contributed by atoms with Gasteiger partial charge in [0, 0.05) is 39.4 Å². The zero-order valence-corrected chi connectivity index (χ0v) is 14.7. The van der Waals surface area contributed by atoms with Crippen LogP contribution in [0.3, 0.4) is 0 Å². The molecule has 3 rings (SSSR count). The Balaban J connectivity index is 1.84. The largest absolute Gasteiger partial charge is 0.461 e. The molecule has 1 atom stereocenters. The summed E-state index contributed by atoms with van der Waals surface area (Å²) in [5.74, 6) is 1.14. The number of carbonyl (C=O) groups is 1. The Hall–Kier alpha value is -2.40. The van der Waals surface area contributed by atoms with E-state index < -0.39 is 10.8 Å². The molecule has 1 amide bonds. The second kappa shape index (κ2) is 6.61. The Kier molecular flexibility index (Phi) is 4.53. The van der Waals surface area contributed by atoms with Crippen molar-refractivity contribution in [2.75, 3.05) is 11.6 Å². The summed E-state index contributed by atoms with van der Waals surface area (Å²) in [4.78, 5) is 12.5. The average Bonchev–Trinajstić information content (AvgIpc) is 2.82. The van der Waals surface area contributed by atoms with Crippen molar-refractivity contribution in [2.24, 2.45) is 0 Å². The van der Waals surface area contributed by atoms with Gasteiger partial charge in [0.05, 0.1) is 0 Å². The zero-order chi connectivity index (χ0) is 17.3. The van der Waals surface area contributed by atoms with Gasteiger partial charge in [-0.3, -0.25) is 9.00 Å². The molecule has 2 aromatic carbocycles. The number of anilines is 1. The van der Waals surface area contributed by atoms with Gasteiger partial charge in [-0.05, 0) is 55.3 Å². The van der Waals surface area contributed by atoms with Crippen LogP contribution in [0.15, 0.2) is 46.9 Å². The standard InChI is InChI=1S/C19H19NO3S/c1-12-13(2)23-18-8-7-16(10-17(12)18)20-19(21)15-6-4-5-14(9-15)11-24(3)22/h4-10H,11H2,1-3H3,(H,20,21)/t24-/m1/s1. The molecule has 0 aliphatic carbocycles. The van der Waals surface area contributed by atoms with Crippen molar-refractivity contribution in [3.05, 3.63) is 64.9 Å². The average molecular weight is 341 g/mol. The molecule has 0 fully saturated rings. The summed E-state index contributed by atoms with van der Waals surface area (Å²) in [7, 11) is -0.934. The molecule has 0 radical (unpaired) electrons. The topological polar surface area (TPSA) is 59.3 Å². The third kappa shape index (κ3) is 3.41. The Bertz CT molecular complexity index is 943. The molecule has 0 spiro atoms. The number of benzene rings is 2. The summed E-state index contributed by atoms with van der Waals surface area (Å²) in [5.41, 5.74) is 4.06. The lowest BCUT2D eigenvalue weighted by Crippen LogP contribution is -2.12. The maximum atomic E-state index is 12.5. The molecule has 0 aliphatic heterocycles. The van der Waals surface area contributed by atoms with Crippen molar-refractivity contribution >= 4 is 33.4 Å². The summed E-state index contributed by atoms with van der Waals surface area (Å²) < 4.78 is 17.0. The number of amides is 1. The minimum atomic E-state index is -0.934. The molecular weight excluding hydrogens is 322 g/mol. The van der Waals surface area contributed by atoms with E-state index in [1.54, 1.807) is 18.4 Å². The predicted octanol–water partition coefficient (Wildman–Crippen LogP) is 4.18. The van der Waals surface area contributed by atoms with Gasteiger partial charge in [0.1, 0.15) is 11.3 Å². The van der Waals surface area contributed by atoms with Crippen LogP contribution in [-0.2, 0) is 16.6 Å². The Labute approximate surface area is 143 Å². The first-order valence-corrected chi connectivity index (χ1v) is 9.37. The highest BCUT2D eigenvalue weighted by molar-refractivity contribution is 7.83. The van der Waals surface area contributed by atoms with Crippen molar-refractivity contribution in [1.29, 1.82) is 0 Å². The highest BCUT2D eigenvalue weighted by Crippen LogP contribution is 2.27. The summed E-state index contributed by atoms with van der Waals surface area (Å²) in [5, 5.41) is 3.91. The molecule has 1 heterocycles. The quantitative estimate of drug-likeness (QED) is 0.774. The van der Waals surface area contributed by atoms with Crippen LogP contribution in [0, 0.1) is 13.8 Å². The summed E-state index contributed by atoms with van der Waals surface area (Å²) in [6.45, 7) is 3.93. The molecule has 0 bridgehead atoms. The molecule has 4 nitrogen and oxygen atoms in total. The van der Waals surface area contributed by atoms with Gasteiger partial charge in [-0.1, -0.05) is 12.1 Å². The van der Waals surface area contributed by atoms with Crippen molar-refractivity contribution < 1.29 is 13.4 Å². The van der Waals surface area contributed by atoms with Gasteiger partial charge in [-0.15, -0.1) is 0 Å². The number of rotatable bonds is 4. The van der Waals surface area contributed by atoms with E-state index in [0.29, 0.717) is 11.3 Å². The summed E-state index contributed by atoms with van der Waals surface area (Å²) >= 11 is 0. The normalized spacial score (nSPS) is 12.3. The van der Waals surface area contributed by atoms with Crippen LogP contribution in [0.5, 0.6) is 0 Å². The number of hydrogen-bond donors (Lipinski definition) is 1. The van der Waals surface area contributed by atoms with Crippen molar-refractivity contribution in [1.82, 2.24) is 0 Å². The zero-order valence-electron chi connectivity index (χ0n) is 13.9. The molecule has 0 saturated heterocycles. The van der Waals surface area contributed by atoms with Gasteiger partial charge in [-0.2, -0.15) is 0 Å². The van der Waals surface area contributed by atoms with E-state index in [9.17, 15) is 9.00 Å². The predicted molar refractivity (Wildman–Crippen MR) is 97.9 cm³/mol. The molecular formula is C19H19NO3S. The van der Waals surface area contributed by atoms with E-state index in [2.05, 4.69) is 5.32 Å². The molecule has 0 unspecified atom stereocenters. The van der Waals surface area contributed by atoms with Gasteiger partial charge in [0.25, 0.3) is 5.91 Å². The first kappa shape index (κ1) is 16.5. The number of nitrogens with one attached hydrogen (secondary N) is 1. The third-order valence-electron chi connectivity index (χ3n) is 3.99. The van der Waals surface area contributed by atoms with E-state index in [1.165, 1.54) is 0 Å². The Morgan fingerprint density at radius 2 is 1.96 bits per heavy atom. The number of furan rings is 1. The number of aryl methyl sites for hydroxylation is 2. The van der Waals surface area contributed by atoms with Crippen molar-refractivity contribution in [3.8, 4) is 0 Å². The number of carbonyl (C=O) groups excluding carboxylic acids is 1. The molecule has 124 valence electrons. The van der Waals surface area contributed by atoms with E-state index in [0.717, 1.165) is 33.5 Å². The van der Waals surface area contributed by atoms with Gasteiger partial charge in [0.2, 0.25) is 0 Å². The number of fused-ring (bicyclic) bond motifs is 1. The van der Waals surface area contributed by atoms with Gasteiger partial charge in [-0.25, -0.2) is 0 Å². The minimum Gasteiger partial charge on any atom is -0.461 e. The fourth-order valence-corrected chi connectivity index (χ4v) is 3.31. The molecule has 0 saturated carbocycles. The summed E-state index contributed by atoms with van der Waals surface area (Å²) in [6, 6.07) is 12.8. The molecule has 24 heavy (non-hydrogen) atoms. The SMILES string of the molecule is Cc1oc2ccc(NC(=O)c3cccc(C[S@@](C)=O)c3)cc2c1C. The lowest BCUT2D eigenvalue weighted by atomic mass is 10.1. The van der Waals surface area contributed by atoms with Gasteiger partial charge >= 0.3 is 0 Å². The Morgan fingerprint density at radius 3 is 2.71 bits per heavy atom. The van der Waals surface area contributed by atoms with Gasteiger partial charge < -0.3 is 9.73 Å². The van der Waals surface area contributed by atoms with Crippen LogP contribution in [-0.4, -0.2) is 16.4 Å². The molecule has 0 aliphatic rings. The second-order valence-electron chi connectivity index (χ2n) is 5.87. The number of hydrogen-bond acceptors (Lipinski definition) is 3. The van der Waals surface area contributed by atoms with Crippen LogP contribution >= 0.6 is 0 Å². The molecule has 1 aromatic heterocycles. The fraction of sp³-hybridized carbons (Fsp3) is 0.211. The molecule has 5 heteroatoms. The first-order chi connectivity index (χ1) is 11.4. The lowest BCUT2D eigenvalue weighted by molar-refractivity contribution is 0.102. The van der Waals surface area contributed by atoms with Crippen molar-refractivity contribution in [3.63, 3.8) is 0 Å². The van der Waals surface area contributed by atoms with Crippen molar-refractivity contribution in [2.45, 2.75) is 19.6 Å². The second-order valence-corrected chi connectivity index (χ2v) is 7.30. The van der Waals surface area contributed by atoms with E-state index in [1.807, 2.05) is 44.2 Å². The summed E-state index contributed by atoms with van der Waals surface area (Å²) in [6.07, 6.45) is 1.65. The van der Waals surface area contributed by atoms with Crippen LogP contribution in [0.2, 0.25) is 0 Å². The third-order valence-corrected chi connectivity index (χ3v) is 4.73. The van der Waals surface area contributed by atoms with Crippen LogP contribution in [0.1, 0.15) is 27.2 Å². The van der Waals surface area contributed by atoms with Crippen LogP contribution in [0.4, 0.5) is 5.69 Å². The minimum absolute atomic E-state index is 0.184. The fourth-order valence-electron chi connectivity index (χ4n) is 2.66. The molecule has 1 N–H and O–H groups in total. The molecule has 3 aromatic rings. The smallest absolute Gasteiger partial charge is 0.255 e. The van der Waals surface area contributed by atoms with E-state index in [4.69, 9.17) is 4.42 Å². The first-order valence-electron chi connectivity index (χ1n) is 7.64.